The molecule has 0 bridgehead atoms. The predicted molar refractivity (Wildman–Crippen MR) is 121 cm³/mol. The lowest BCUT2D eigenvalue weighted by atomic mass is 10.2. The average Bonchev–Trinajstić information content (AvgIpc) is 2.74. The van der Waals surface area contributed by atoms with Gasteiger partial charge in [-0.05, 0) is 48.4 Å². The number of thioether (sulfide) groups is 1. The summed E-state index contributed by atoms with van der Waals surface area (Å²) in [5.74, 6) is 0.719. The molecule has 0 saturated heterocycles. The number of pyridine rings is 1. The molecule has 0 fully saturated rings. The number of aromatic nitrogens is 2. The van der Waals surface area contributed by atoms with Crippen molar-refractivity contribution in [2.45, 2.75) is 17.7 Å². The molecule has 4 rings (SSSR count). The van der Waals surface area contributed by atoms with Crippen LogP contribution in [0, 0.1) is 6.92 Å². The number of hydrogen-bond acceptors (Lipinski definition) is 4. The zero-order valence-corrected chi connectivity index (χ0v) is 17.3. The van der Waals surface area contributed by atoms with Crippen molar-refractivity contribution in [2.24, 2.45) is 4.99 Å². The maximum absolute atomic E-state index is 13.2. The fourth-order valence-corrected chi connectivity index (χ4v) is 3.97. The van der Waals surface area contributed by atoms with E-state index in [1.54, 1.807) is 28.9 Å². The molecule has 0 N–H and O–H groups in total. The molecule has 0 spiro atoms. The zero-order valence-electron chi connectivity index (χ0n) is 15.7. The lowest BCUT2D eigenvalue weighted by Gasteiger charge is -2.09. The van der Waals surface area contributed by atoms with Crippen LogP contribution in [-0.4, -0.2) is 15.6 Å². The fraction of sp³-hybridized carbons (Fsp3) is 0.0870. The van der Waals surface area contributed by atoms with Gasteiger partial charge in [0.1, 0.15) is 10.7 Å². The zero-order chi connectivity index (χ0) is 20.2. The Morgan fingerprint density at radius 1 is 1.07 bits per heavy atom. The summed E-state index contributed by atoms with van der Waals surface area (Å²) in [5.41, 5.74) is 3.85. The van der Waals surface area contributed by atoms with Crippen LogP contribution in [0.5, 0.6) is 0 Å². The van der Waals surface area contributed by atoms with Gasteiger partial charge in [-0.3, -0.25) is 14.2 Å². The number of nitrogens with zero attached hydrogens (tertiary/aromatic N) is 3. The predicted octanol–water partition coefficient (Wildman–Crippen LogP) is 5.70. The molecule has 0 saturated carbocycles. The highest BCUT2D eigenvalue weighted by Gasteiger charge is 2.13. The third-order valence-electron chi connectivity index (χ3n) is 4.44. The third kappa shape index (κ3) is 4.42. The van der Waals surface area contributed by atoms with Crippen LogP contribution in [0.4, 0.5) is 5.69 Å². The molecule has 0 atom stereocenters. The highest BCUT2D eigenvalue weighted by Crippen LogP contribution is 2.24. The first-order valence-corrected chi connectivity index (χ1v) is 10.5. The Morgan fingerprint density at radius 3 is 2.59 bits per heavy atom. The van der Waals surface area contributed by atoms with E-state index in [0.717, 1.165) is 17.0 Å². The Kier molecular flexibility index (Phi) is 5.79. The number of aliphatic imine (C=N–C) groups is 1. The highest BCUT2D eigenvalue weighted by molar-refractivity contribution is 7.98. The van der Waals surface area contributed by atoms with Gasteiger partial charge in [0.05, 0.1) is 11.3 Å². The van der Waals surface area contributed by atoms with Crippen molar-refractivity contribution in [3.8, 4) is 0 Å². The van der Waals surface area contributed by atoms with Crippen LogP contribution in [0.1, 0.15) is 16.7 Å². The topological polar surface area (TPSA) is 46.7 Å². The molecule has 4 aromatic rings. The smallest absolute Gasteiger partial charge is 0.267 e. The van der Waals surface area contributed by atoms with Crippen LogP contribution < -0.4 is 5.56 Å². The van der Waals surface area contributed by atoms with E-state index in [0.29, 0.717) is 21.3 Å². The van der Waals surface area contributed by atoms with Gasteiger partial charge in [0.2, 0.25) is 0 Å². The van der Waals surface area contributed by atoms with Crippen molar-refractivity contribution in [1.29, 1.82) is 0 Å². The van der Waals surface area contributed by atoms with Crippen LogP contribution in [0.3, 0.4) is 0 Å². The summed E-state index contributed by atoms with van der Waals surface area (Å²) in [4.78, 5) is 22.4. The Balaban J connectivity index is 1.78. The Hall–Kier alpha value is -2.89. The first-order valence-electron chi connectivity index (χ1n) is 9.10. The molecule has 2 aromatic carbocycles. The molecule has 144 valence electrons. The van der Waals surface area contributed by atoms with Crippen molar-refractivity contribution in [3.05, 3.63) is 105 Å². The maximum atomic E-state index is 13.2. The second-order valence-corrected chi connectivity index (χ2v) is 7.93. The van der Waals surface area contributed by atoms with E-state index in [1.807, 2.05) is 49.4 Å². The van der Waals surface area contributed by atoms with Gasteiger partial charge < -0.3 is 0 Å². The Morgan fingerprint density at radius 2 is 1.83 bits per heavy atom. The second kappa shape index (κ2) is 8.64. The lowest BCUT2D eigenvalue weighted by Crippen LogP contribution is -2.21. The first kappa shape index (κ1) is 19.4. The molecular weight excluding hydrogens is 402 g/mol. The van der Waals surface area contributed by atoms with E-state index in [2.05, 4.69) is 17.1 Å². The van der Waals surface area contributed by atoms with Gasteiger partial charge in [-0.2, -0.15) is 0 Å². The van der Waals surface area contributed by atoms with Crippen molar-refractivity contribution in [3.63, 3.8) is 0 Å². The summed E-state index contributed by atoms with van der Waals surface area (Å²) in [6, 6.07) is 21.1. The highest BCUT2D eigenvalue weighted by atomic mass is 35.5. The molecule has 0 unspecified atom stereocenters. The molecule has 0 aliphatic rings. The van der Waals surface area contributed by atoms with E-state index < -0.39 is 0 Å². The fourth-order valence-electron chi connectivity index (χ4n) is 2.90. The molecule has 2 heterocycles. The van der Waals surface area contributed by atoms with E-state index in [1.165, 1.54) is 17.3 Å². The first-order chi connectivity index (χ1) is 14.1. The molecule has 0 aliphatic heterocycles. The van der Waals surface area contributed by atoms with Gasteiger partial charge in [0, 0.05) is 23.2 Å². The van der Waals surface area contributed by atoms with Gasteiger partial charge in [-0.1, -0.05) is 48.0 Å². The Labute approximate surface area is 177 Å². The van der Waals surface area contributed by atoms with Crippen LogP contribution in [-0.2, 0) is 5.75 Å². The summed E-state index contributed by atoms with van der Waals surface area (Å²) >= 11 is 7.48. The standard InChI is InChI=1S/C23H18ClN3OS/c1-16-6-5-13-27-21(16)26-22(29-15-17-7-3-2-4-8-17)20(23(27)28)14-25-19-11-9-18(24)10-12-19/h2-14H,15H2,1H3. The van der Waals surface area contributed by atoms with Gasteiger partial charge >= 0.3 is 0 Å². The molecule has 0 amide bonds. The third-order valence-corrected chi connectivity index (χ3v) is 5.75. The van der Waals surface area contributed by atoms with Crippen molar-refractivity contribution >= 4 is 40.9 Å². The number of aryl methyl sites for hydroxylation is 1. The van der Waals surface area contributed by atoms with Crippen molar-refractivity contribution in [1.82, 2.24) is 9.38 Å². The normalized spacial score (nSPS) is 11.4. The Bertz CT molecular complexity index is 1230. The van der Waals surface area contributed by atoms with Gasteiger partial charge in [0.25, 0.3) is 5.56 Å². The summed E-state index contributed by atoms with van der Waals surface area (Å²) in [6.07, 6.45) is 3.34. The summed E-state index contributed by atoms with van der Waals surface area (Å²) in [7, 11) is 0. The summed E-state index contributed by atoms with van der Waals surface area (Å²) in [6.45, 7) is 1.95. The van der Waals surface area contributed by atoms with E-state index >= 15 is 0 Å². The number of halogens is 1. The quantitative estimate of drug-likeness (QED) is 0.237. The summed E-state index contributed by atoms with van der Waals surface area (Å²) in [5, 5.41) is 1.32. The summed E-state index contributed by atoms with van der Waals surface area (Å²) < 4.78 is 1.57. The average molecular weight is 420 g/mol. The minimum atomic E-state index is -0.132. The molecule has 0 radical (unpaired) electrons. The van der Waals surface area contributed by atoms with Crippen LogP contribution >= 0.6 is 23.4 Å². The number of rotatable bonds is 5. The lowest BCUT2D eigenvalue weighted by molar-refractivity contribution is 0.968. The number of benzene rings is 2. The van der Waals surface area contributed by atoms with Gasteiger partial charge in [0.15, 0.2) is 0 Å². The minimum absolute atomic E-state index is 0.132. The van der Waals surface area contributed by atoms with Crippen molar-refractivity contribution in [2.75, 3.05) is 0 Å². The van der Waals surface area contributed by atoms with Crippen LogP contribution in [0.25, 0.3) is 5.65 Å². The molecule has 29 heavy (non-hydrogen) atoms. The maximum Gasteiger partial charge on any atom is 0.267 e. The van der Waals surface area contributed by atoms with Crippen LogP contribution in [0.2, 0.25) is 5.02 Å². The van der Waals surface area contributed by atoms with E-state index in [-0.39, 0.29) is 5.56 Å². The van der Waals surface area contributed by atoms with Gasteiger partial charge in [-0.25, -0.2) is 4.98 Å². The monoisotopic (exact) mass is 419 g/mol. The largest absolute Gasteiger partial charge is 0.268 e. The number of hydrogen-bond donors (Lipinski definition) is 0. The second-order valence-electron chi connectivity index (χ2n) is 6.53. The molecular formula is C23H18ClN3OS. The molecule has 2 aromatic heterocycles. The van der Waals surface area contributed by atoms with Crippen molar-refractivity contribution < 1.29 is 0 Å². The number of fused-ring (bicyclic) bond motifs is 1. The molecule has 4 nitrogen and oxygen atoms in total. The van der Waals surface area contributed by atoms with Crippen LogP contribution in [0.15, 0.2) is 87.7 Å². The minimum Gasteiger partial charge on any atom is -0.268 e. The van der Waals surface area contributed by atoms with E-state index in [9.17, 15) is 4.79 Å². The molecule has 0 aliphatic carbocycles. The molecule has 6 heteroatoms. The SMILES string of the molecule is Cc1cccn2c(=O)c(C=Nc3ccc(Cl)cc3)c(SCc3ccccc3)nc12. The van der Waals surface area contributed by atoms with E-state index in [4.69, 9.17) is 16.6 Å². The van der Waals surface area contributed by atoms with Gasteiger partial charge in [-0.15, -0.1) is 11.8 Å².